The van der Waals surface area contributed by atoms with E-state index < -0.39 is 23.0 Å². The summed E-state index contributed by atoms with van der Waals surface area (Å²) >= 11 is 0. The largest absolute Gasteiger partial charge is 0.494 e. The Kier molecular flexibility index (Phi) is 5.14. The number of aryl methyl sites for hydroxylation is 3. The first-order chi connectivity index (χ1) is 15.2. The molecule has 0 fully saturated rings. The highest BCUT2D eigenvalue weighted by Crippen LogP contribution is 2.28. The molecule has 0 atom stereocenters. The van der Waals surface area contributed by atoms with Crippen LogP contribution in [0.25, 0.3) is 11.8 Å². The molecular formula is C24H22N4O4. The van der Waals surface area contributed by atoms with Crippen molar-refractivity contribution < 1.29 is 9.90 Å². The topological polar surface area (TPSA) is 108 Å². The molecule has 3 aromatic rings. The van der Waals surface area contributed by atoms with Gasteiger partial charge in [-0.25, -0.2) is 9.36 Å². The molecule has 32 heavy (non-hydrogen) atoms. The lowest BCUT2D eigenvalue weighted by atomic mass is 10.1. The number of nitrogens with one attached hydrogen (secondary N) is 1. The van der Waals surface area contributed by atoms with Crippen molar-refractivity contribution in [2.45, 2.75) is 27.7 Å². The molecule has 2 heterocycles. The average Bonchev–Trinajstić information content (AvgIpc) is 3.02. The Bertz CT molecular complexity index is 1440. The number of para-hydroxylation sites is 1. The number of carbonyl (C=O) groups excluding carboxylic acids is 1. The Balaban J connectivity index is 1.83. The van der Waals surface area contributed by atoms with E-state index in [-0.39, 0.29) is 11.1 Å². The van der Waals surface area contributed by atoms with E-state index in [1.807, 2.05) is 26.0 Å². The summed E-state index contributed by atoms with van der Waals surface area (Å²) in [6.07, 6.45) is 1.27. The van der Waals surface area contributed by atoms with Gasteiger partial charge in [0.05, 0.1) is 22.7 Å². The molecule has 2 N–H and O–H groups in total. The second kappa shape index (κ2) is 7.81. The maximum atomic E-state index is 13.1. The first-order valence-corrected chi connectivity index (χ1v) is 10.0. The molecule has 2 aromatic carbocycles. The number of hydrogen-bond donors (Lipinski definition) is 2. The molecule has 0 saturated heterocycles. The highest BCUT2D eigenvalue weighted by molar-refractivity contribution is 6.32. The number of nitrogens with zero attached hydrogens (tertiary/aromatic N) is 3. The molecule has 1 aliphatic rings. The van der Waals surface area contributed by atoms with Gasteiger partial charge in [-0.1, -0.05) is 24.3 Å². The number of aromatic nitrogens is 2. The molecule has 1 aliphatic heterocycles. The highest BCUT2D eigenvalue weighted by atomic mass is 16.3. The predicted octanol–water partition coefficient (Wildman–Crippen LogP) is 2.96. The van der Waals surface area contributed by atoms with Crippen molar-refractivity contribution in [3.63, 3.8) is 0 Å². The van der Waals surface area contributed by atoms with Crippen LogP contribution in [0.2, 0.25) is 0 Å². The van der Waals surface area contributed by atoms with E-state index in [1.54, 1.807) is 44.2 Å². The molecular weight excluding hydrogens is 408 g/mol. The van der Waals surface area contributed by atoms with Crippen LogP contribution in [0.3, 0.4) is 0 Å². The van der Waals surface area contributed by atoms with Crippen LogP contribution in [-0.2, 0) is 4.79 Å². The van der Waals surface area contributed by atoms with Gasteiger partial charge in [-0.15, -0.1) is 0 Å². The number of hydrazone groups is 1. The molecule has 1 aromatic heterocycles. The first kappa shape index (κ1) is 21.0. The zero-order valence-electron chi connectivity index (χ0n) is 18.1. The van der Waals surface area contributed by atoms with Gasteiger partial charge in [0, 0.05) is 0 Å². The van der Waals surface area contributed by atoms with Crippen LogP contribution in [-0.4, -0.2) is 26.3 Å². The first-order valence-electron chi connectivity index (χ1n) is 10.0. The molecule has 0 unspecified atom stereocenters. The molecule has 0 aliphatic carbocycles. The number of hydrogen-bond acceptors (Lipinski definition) is 5. The van der Waals surface area contributed by atoms with Gasteiger partial charge in [-0.05, 0) is 68.7 Å². The number of aromatic amines is 1. The molecule has 1 amide bonds. The van der Waals surface area contributed by atoms with E-state index in [0.29, 0.717) is 17.1 Å². The lowest BCUT2D eigenvalue weighted by Gasteiger charge is -2.14. The van der Waals surface area contributed by atoms with Crippen molar-refractivity contribution in [3.05, 3.63) is 91.1 Å². The van der Waals surface area contributed by atoms with E-state index >= 15 is 0 Å². The Morgan fingerprint density at radius 1 is 0.938 bits per heavy atom. The van der Waals surface area contributed by atoms with Gasteiger partial charge >= 0.3 is 5.69 Å². The van der Waals surface area contributed by atoms with Crippen LogP contribution < -0.4 is 16.3 Å². The van der Waals surface area contributed by atoms with E-state index in [1.165, 1.54) is 11.1 Å². The Morgan fingerprint density at radius 3 is 2.34 bits per heavy atom. The molecule has 0 radical (unpaired) electrons. The number of aromatic hydroxyl groups is 1. The SMILES string of the molecule is CC1=NN(c2ccc(C)c(C)c2)C(=O)C1=Cc1c(O)n(-c2ccccc2C)c(=O)[nH]c1=O. The van der Waals surface area contributed by atoms with Crippen molar-refractivity contribution in [1.29, 1.82) is 0 Å². The van der Waals surface area contributed by atoms with Gasteiger partial charge in [0.2, 0.25) is 5.88 Å². The van der Waals surface area contributed by atoms with Gasteiger partial charge in [0.1, 0.15) is 5.56 Å². The second-order valence-corrected chi connectivity index (χ2v) is 7.75. The number of anilines is 1. The van der Waals surface area contributed by atoms with Gasteiger partial charge in [0.25, 0.3) is 11.5 Å². The van der Waals surface area contributed by atoms with Crippen molar-refractivity contribution in [1.82, 2.24) is 9.55 Å². The zero-order valence-corrected chi connectivity index (χ0v) is 18.1. The van der Waals surface area contributed by atoms with E-state index in [0.717, 1.165) is 21.3 Å². The van der Waals surface area contributed by atoms with Gasteiger partial charge < -0.3 is 5.11 Å². The molecule has 0 spiro atoms. The van der Waals surface area contributed by atoms with Crippen LogP contribution in [0, 0.1) is 20.8 Å². The van der Waals surface area contributed by atoms with Crippen LogP contribution in [0.1, 0.15) is 29.2 Å². The fourth-order valence-electron chi connectivity index (χ4n) is 3.57. The lowest BCUT2D eigenvalue weighted by Crippen LogP contribution is -2.31. The highest BCUT2D eigenvalue weighted by Gasteiger charge is 2.30. The second-order valence-electron chi connectivity index (χ2n) is 7.75. The fraction of sp³-hybridized carbons (Fsp3) is 0.167. The number of carbonyl (C=O) groups is 1. The molecule has 8 nitrogen and oxygen atoms in total. The van der Waals surface area contributed by atoms with Gasteiger partial charge in [0.15, 0.2) is 0 Å². The van der Waals surface area contributed by atoms with Gasteiger partial charge in [-0.2, -0.15) is 10.1 Å². The van der Waals surface area contributed by atoms with E-state index in [4.69, 9.17) is 0 Å². The maximum Gasteiger partial charge on any atom is 0.335 e. The Morgan fingerprint density at radius 2 is 1.66 bits per heavy atom. The minimum absolute atomic E-state index is 0.152. The van der Waals surface area contributed by atoms with Crippen LogP contribution in [0.5, 0.6) is 5.88 Å². The standard InChI is InChI=1S/C24H22N4O4/c1-13-9-10-17(11-15(13)3)28-23(31)18(16(4)26-28)12-19-21(29)25-24(32)27(22(19)30)20-8-6-5-7-14(20)2/h5-12,30H,1-4H3,(H,25,29,32). The lowest BCUT2D eigenvalue weighted by molar-refractivity contribution is -0.114. The Labute approximate surface area is 183 Å². The molecule has 8 heteroatoms. The van der Waals surface area contributed by atoms with E-state index in [2.05, 4.69) is 10.1 Å². The molecule has 0 bridgehead atoms. The van der Waals surface area contributed by atoms with Gasteiger partial charge in [-0.3, -0.25) is 14.6 Å². The Hall–Kier alpha value is -4.20. The number of rotatable bonds is 3. The normalized spacial score (nSPS) is 14.9. The minimum Gasteiger partial charge on any atom is -0.494 e. The molecule has 4 rings (SSSR count). The summed E-state index contributed by atoms with van der Waals surface area (Å²) in [5.41, 5.74) is 2.62. The summed E-state index contributed by atoms with van der Waals surface area (Å²) in [5, 5.41) is 16.4. The third-order valence-corrected chi connectivity index (χ3v) is 5.56. The van der Waals surface area contributed by atoms with Crippen LogP contribution in [0.15, 0.2) is 62.7 Å². The van der Waals surface area contributed by atoms with Crippen molar-refractivity contribution in [2.75, 3.05) is 5.01 Å². The molecule has 0 saturated carbocycles. The smallest absolute Gasteiger partial charge is 0.335 e. The third-order valence-electron chi connectivity index (χ3n) is 5.56. The predicted molar refractivity (Wildman–Crippen MR) is 124 cm³/mol. The number of H-pyrrole nitrogens is 1. The quantitative estimate of drug-likeness (QED) is 0.623. The molecule has 162 valence electrons. The van der Waals surface area contributed by atoms with Crippen molar-refractivity contribution in [2.24, 2.45) is 5.10 Å². The number of amides is 1. The summed E-state index contributed by atoms with van der Waals surface area (Å²) < 4.78 is 1.01. The summed E-state index contributed by atoms with van der Waals surface area (Å²) in [6.45, 7) is 7.35. The summed E-state index contributed by atoms with van der Waals surface area (Å²) in [7, 11) is 0. The minimum atomic E-state index is -0.796. The van der Waals surface area contributed by atoms with Crippen LogP contribution in [0.4, 0.5) is 5.69 Å². The van der Waals surface area contributed by atoms with Crippen molar-refractivity contribution >= 4 is 23.4 Å². The van der Waals surface area contributed by atoms with Crippen molar-refractivity contribution in [3.8, 4) is 11.6 Å². The number of benzene rings is 2. The maximum absolute atomic E-state index is 13.1. The average molecular weight is 430 g/mol. The third kappa shape index (κ3) is 3.45. The monoisotopic (exact) mass is 430 g/mol. The summed E-state index contributed by atoms with van der Waals surface area (Å²) in [6, 6.07) is 12.5. The van der Waals surface area contributed by atoms with Crippen LogP contribution >= 0.6 is 0 Å². The zero-order chi connectivity index (χ0) is 23.2. The summed E-state index contributed by atoms with van der Waals surface area (Å²) in [5.74, 6) is -0.982. The van der Waals surface area contributed by atoms with E-state index in [9.17, 15) is 19.5 Å². The summed E-state index contributed by atoms with van der Waals surface area (Å²) in [4.78, 5) is 40.3. The fourth-order valence-corrected chi connectivity index (χ4v) is 3.57.